The molecule has 0 spiro atoms. The van der Waals surface area contributed by atoms with Crippen molar-refractivity contribution in [1.82, 2.24) is 4.98 Å². The summed E-state index contributed by atoms with van der Waals surface area (Å²) in [6.07, 6.45) is 5.40. The van der Waals surface area contributed by atoms with Crippen molar-refractivity contribution in [3.63, 3.8) is 0 Å². The molecule has 0 fully saturated rings. The van der Waals surface area contributed by atoms with Crippen LogP contribution in [-0.2, 0) is 0 Å². The molecule has 1 aromatic heterocycles. The van der Waals surface area contributed by atoms with Gasteiger partial charge in [0.05, 0.1) is 11.9 Å². The van der Waals surface area contributed by atoms with Crippen LogP contribution in [0.3, 0.4) is 0 Å². The highest BCUT2D eigenvalue weighted by molar-refractivity contribution is 7.98. The Labute approximate surface area is 99.3 Å². The van der Waals surface area contributed by atoms with Crippen molar-refractivity contribution in [3.05, 3.63) is 24.0 Å². The maximum Gasteiger partial charge on any atom is 0.172 e. The summed E-state index contributed by atoms with van der Waals surface area (Å²) in [5, 5.41) is 11.7. The lowest BCUT2D eigenvalue weighted by molar-refractivity contribution is 0.318. The van der Waals surface area contributed by atoms with Crippen LogP contribution in [0.5, 0.6) is 0 Å². The SMILES string of the molecule is CSCCN(C)c1cnccc1/C(N)=N/O. The highest BCUT2D eigenvalue weighted by atomic mass is 32.2. The lowest BCUT2D eigenvalue weighted by atomic mass is 10.2. The van der Waals surface area contributed by atoms with E-state index >= 15 is 0 Å². The second kappa shape index (κ2) is 6.22. The molecule has 6 heteroatoms. The monoisotopic (exact) mass is 240 g/mol. The molecular formula is C10H16N4OS. The van der Waals surface area contributed by atoms with E-state index in [9.17, 15) is 0 Å². The van der Waals surface area contributed by atoms with Gasteiger partial charge in [0.15, 0.2) is 5.84 Å². The normalized spacial score (nSPS) is 11.5. The summed E-state index contributed by atoms with van der Waals surface area (Å²) in [5.74, 6) is 1.12. The van der Waals surface area contributed by atoms with Crippen LogP contribution in [0.25, 0.3) is 0 Å². The first-order valence-corrected chi connectivity index (χ1v) is 6.22. The molecule has 0 aliphatic heterocycles. The van der Waals surface area contributed by atoms with E-state index in [-0.39, 0.29) is 5.84 Å². The number of amidine groups is 1. The number of hydrogen-bond donors (Lipinski definition) is 2. The van der Waals surface area contributed by atoms with E-state index < -0.39 is 0 Å². The molecule has 0 saturated heterocycles. The fourth-order valence-corrected chi connectivity index (χ4v) is 1.77. The Morgan fingerprint density at radius 2 is 2.44 bits per heavy atom. The molecule has 1 rings (SSSR count). The first kappa shape index (κ1) is 12.6. The number of thioether (sulfide) groups is 1. The molecule has 0 amide bonds. The number of nitrogens with two attached hydrogens (primary N) is 1. The Morgan fingerprint density at radius 1 is 1.69 bits per heavy atom. The molecule has 1 aromatic rings. The van der Waals surface area contributed by atoms with E-state index in [1.807, 2.05) is 11.9 Å². The number of aromatic nitrogens is 1. The molecule has 0 aliphatic carbocycles. The first-order chi connectivity index (χ1) is 7.70. The van der Waals surface area contributed by atoms with Gasteiger partial charge in [-0.25, -0.2) is 0 Å². The van der Waals surface area contributed by atoms with Crippen LogP contribution in [0.15, 0.2) is 23.6 Å². The van der Waals surface area contributed by atoms with Crippen molar-refractivity contribution in [3.8, 4) is 0 Å². The predicted molar refractivity (Wildman–Crippen MR) is 68.4 cm³/mol. The number of nitrogens with zero attached hydrogens (tertiary/aromatic N) is 3. The molecule has 5 nitrogen and oxygen atoms in total. The summed E-state index contributed by atoms with van der Waals surface area (Å²) >= 11 is 1.77. The van der Waals surface area contributed by atoms with E-state index in [2.05, 4.69) is 16.4 Å². The summed E-state index contributed by atoms with van der Waals surface area (Å²) < 4.78 is 0. The van der Waals surface area contributed by atoms with Gasteiger partial charge in [-0.1, -0.05) is 5.16 Å². The van der Waals surface area contributed by atoms with Gasteiger partial charge in [0.25, 0.3) is 0 Å². The van der Waals surface area contributed by atoms with Crippen LogP contribution in [0.4, 0.5) is 5.69 Å². The van der Waals surface area contributed by atoms with E-state index in [1.165, 1.54) is 0 Å². The summed E-state index contributed by atoms with van der Waals surface area (Å²) in [5.41, 5.74) is 7.16. The van der Waals surface area contributed by atoms with Crippen molar-refractivity contribution in [1.29, 1.82) is 0 Å². The van der Waals surface area contributed by atoms with Crippen LogP contribution < -0.4 is 10.6 Å². The van der Waals surface area contributed by atoms with Crippen molar-refractivity contribution in [2.75, 3.05) is 30.5 Å². The third-order valence-corrected chi connectivity index (χ3v) is 2.82. The molecule has 1 heterocycles. The Balaban J connectivity index is 2.94. The van der Waals surface area contributed by atoms with Gasteiger partial charge in [0.1, 0.15) is 0 Å². The zero-order valence-corrected chi connectivity index (χ0v) is 10.2. The Kier molecular flexibility index (Phi) is 4.91. The summed E-state index contributed by atoms with van der Waals surface area (Å²) in [4.78, 5) is 6.09. The van der Waals surface area contributed by atoms with Crippen LogP contribution in [0, 0.1) is 0 Å². The maximum atomic E-state index is 8.69. The van der Waals surface area contributed by atoms with E-state index in [0.29, 0.717) is 5.56 Å². The zero-order chi connectivity index (χ0) is 12.0. The van der Waals surface area contributed by atoms with Crippen molar-refractivity contribution in [2.45, 2.75) is 0 Å². The number of pyridine rings is 1. The highest BCUT2D eigenvalue weighted by Crippen LogP contribution is 2.17. The average Bonchev–Trinajstić information content (AvgIpc) is 2.35. The van der Waals surface area contributed by atoms with Crippen LogP contribution in [0.2, 0.25) is 0 Å². The topological polar surface area (TPSA) is 74.7 Å². The van der Waals surface area contributed by atoms with Gasteiger partial charge in [0.2, 0.25) is 0 Å². The average molecular weight is 240 g/mol. The minimum atomic E-state index is 0.105. The molecule has 88 valence electrons. The number of hydrogen-bond acceptors (Lipinski definition) is 5. The second-order valence-electron chi connectivity index (χ2n) is 3.29. The largest absolute Gasteiger partial charge is 0.409 e. The van der Waals surface area contributed by atoms with Gasteiger partial charge in [-0.3, -0.25) is 4.98 Å². The van der Waals surface area contributed by atoms with Gasteiger partial charge in [-0.15, -0.1) is 0 Å². The Hall–Kier alpha value is -1.43. The summed E-state index contributed by atoms with van der Waals surface area (Å²) in [6, 6.07) is 1.74. The van der Waals surface area contributed by atoms with Crippen LogP contribution in [0.1, 0.15) is 5.56 Å². The molecule has 16 heavy (non-hydrogen) atoms. The van der Waals surface area contributed by atoms with Gasteiger partial charge < -0.3 is 15.8 Å². The first-order valence-electron chi connectivity index (χ1n) is 4.82. The number of rotatable bonds is 5. The summed E-state index contributed by atoms with van der Waals surface area (Å²) in [6.45, 7) is 0.887. The minimum Gasteiger partial charge on any atom is -0.409 e. The van der Waals surface area contributed by atoms with Crippen molar-refractivity contribution < 1.29 is 5.21 Å². The lowest BCUT2D eigenvalue weighted by Gasteiger charge is -2.20. The van der Waals surface area contributed by atoms with E-state index in [0.717, 1.165) is 18.0 Å². The third kappa shape index (κ3) is 3.03. The van der Waals surface area contributed by atoms with Crippen molar-refractivity contribution in [2.24, 2.45) is 10.9 Å². The van der Waals surface area contributed by atoms with E-state index in [1.54, 1.807) is 30.2 Å². The standard InChI is InChI=1S/C10H16N4OS/c1-14(5-6-16-2)9-7-12-4-3-8(9)10(11)13-15/h3-4,7,15H,5-6H2,1-2H3,(H2,11,13). The molecule has 0 radical (unpaired) electrons. The number of anilines is 1. The van der Waals surface area contributed by atoms with Crippen LogP contribution >= 0.6 is 11.8 Å². The quantitative estimate of drug-likeness (QED) is 0.347. The minimum absolute atomic E-state index is 0.105. The Bertz CT molecular complexity index is 370. The van der Waals surface area contributed by atoms with Crippen molar-refractivity contribution >= 4 is 23.3 Å². The lowest BCUT2D eigenvalue weighted by Crippen LogP contribution is -2.25. The molecule has 0 unspecified atom stereocenters. The van der Waals surface area contributed by atoms with Gasteiger partial charge in [-0.05, 0) is 12.3 Å². The maximum absolute atomic E-state index is 8.69. The van der Waals surface area contributed by atoms with Gasteiger partial charge in [0, 0.05) is 31.1 Å². The second-order valence-corrected chi connectivity index (χ2v) is 4.28. The van der Waals surface area contributed by atoms with Gasteiger partial charge >= 0.3 is 0 Å². The van der Waals surface area contributed by atoms with Gasteiger partial charge in [-0.2, -0.15) is 11.8 Å². The molecule has 0 aromatic carbocycles. The predicted octanol–water partition coefficient (Wildman–Crippen LogP) is 0.975. The molecule has 0 atom stereocenters. The fraction of sp³-hybridized carbons (Fsp3) is 0.400. The zero-order valence-electron chi connectivity index (χ0n) is 9.42. The molecule has 0 aliphatic rings. The molecule has 0 bridgehead atoms. The third-order valence-electron chi connectivity index (χ3n) is 2.23. The highest BCUT2D eigenvalue weighted by Gasteiger charge is 2.10. The smallest absolute Gasteiger partial charge is 0.172 e. The fourth-order valence-electron chi connectivity index (χ4n) is 1.31. The molecule has 0 saturated carbocycles. The summed E-state index contributed by atoms with van der Waals surface area (Å²) in [7, 11) is 1.96. The number of oxime groups is 1. The van der Waals surface area contributed by atoms with Crippen LogP contribution in [-0.4, -0.2) is 41.6 Å². The molecule has 3 N–H and O–H groups in total. The molecular weight excluding hydrogens is 224 g/mol. The Morgan fingerprint density at radius 3 is 3.06 bits per heavy atom. The van der Waals surface area contributed by atoms with E-state index in [4.69, 9.17) is 10.9 Å².